The molecule has 2 rings (SSSR count). The second kappa shape index (κ2) is 3.85. The molecule has 0 aliphatic heterocycles. The smallest absolute Gasteiger partial charge is 0.125 e. The van der Waals surface area contributed by atoms with Crippen LogP contribution in [0.3, 0.4) is 0 Å². The lowest BCUT2D eigenvalue weighted by Gasteiger charge is -2.56. The molecule has 0 aromatic rings. The van der Waals surface area contributed by atoms with Crippen molar-refractivity contribution in [3.63, 3.8) is 0 Å². The standard InChI is InChI=1S/C15H26O/c1-11-5-7-15(4,10-16)8-6-13-12(11)9-14(13,2)3/h10-13H,5-9H2,1-4H3/t11-,12-,13-,15+/m1/s1. The second-order valence-corrected chi connectivity index (χ2v) is 7.29. The van der Waals surface area contributed by atoms with Crippen molar-refractivity contribution in [1.29, 1.82) is 0 Å². The molecule has 0 bridgehead atoms. The van der Waals surface area contributed by atoms with Gasteiger partial charge in [0.15, 0.2) is 0 Å². The van der Waals surface area contributed by atoms with Gasteiger partial charge in [-0.05, 0) is 55.3 Å². The van der Waals surface area contributed by atoms with Crippen molar-refractivity contribution in [1.82, 2.24) is 0 Å². The summed E-state index contributed by atoms with van der Waals surface area (Å²) in [5.74, 6) is 2.62. The Hall–Kier alpha value is -0.330. The minimum atomic E-state index is -0.0368. The molecule has 2 aliphatic carbocycles. The molecule has 4 atom stereocenters. The molecule has 1 nitrogen and oxygen atoms in total. The molecule has 0 aromatic carbocycles. The van der Waals surface area contributed by atoms with Crippen LogP contribution in [0.25, 0.3) is 0 Å². The first-order valence-corrected chi connectivity index (χ1v) is 6.84. The molecule has 0 spiro atoms. The number of hydrogen-bond donors (Lipinski definition) is 0. The van der Waals surface area contributed by atoms with Gasteiger partial charge in [-0.2, -0.15) is 0 Å². The Morgan fingerprint density at radius 2 is 1.75 bits per heavy atom. The maximum Gasteiger partial charge on any atom is 0.125 e. The highest BCUT2D eigenvalue weighted by Crippen LogP contribution is 2.58. The summed E-state index contributed by atoms with van der Waals surface area (Å²) in [4.78, 5) is 11.2. The molecule has 2 saturated carbocycles. The summed E-state index contributed by atoms with van der Waals surface area (Å²) in [6.07, 6.45) is 7.32. The van der Waals surface area contributed by atoms with E-state index in [-0.39, 0.29) is 5.41 Å². The SMILES string of the molecule is C[C@@H]1CC[C@](C)(C=O)CC[C@@H]2[C@@H]1CC2(C)C. The maximum atomic E-state index is 11.2. The van der Waals surface area contributed by atoms with Crippen LogP contribution in [0, 0.1) is 28.6 Å². The fraction of sp³-hybridized carbons (Fsp3) is 0.933. The van der Waals surface area contributed by atoms with Crippen LogP contribution in [0.4, 0.5) is 0 Å². The van der Waals surface area contributed by atoms with Crippen LogP contribution in [0.2, 0.25) is 0 Å². The van der Waals surface area contributed by atoms with Crippen molar-refractivity contribution in [3.8, 4) is 0 Å². The van der Waals surface area contributed by atoms with Crippen molar-refractivity contribution in [3.05, 3.63) is 0 Å². The molecule has 2 fully saturated rings. The Balaban J connectivity index is 2.10. The predicted octanol–water partition coefficient (Wildman–Crippen LogP) is 4.06. The van der Waals surface area contributed by atoms with Gasteiger partial charge in [-0.15, -0.1) is 0 Å². The molecule has 0 saturated heterocycles. The zero-order valence-corrected chi connectivity index (χ0v) is 11.3. The highest BCUT2D eigenvalue weighted by molar-refractivity contribution is 5.58. The van der Waals surface area contributed by atoms with Gasteiger partial charge in [0.2, 0.25) is 0 Å². The monoisotopic (exact) mass is 222 g/mol. The summed E-state index contributed by atoms with van der Waals surface area (Å²) in [7, 11) is 0. The first-order chi connectivity index (χ1) is 7.38. The van der Waals surface area contributed by atoms with Gasteiger partial charge in [-0.1, -0.05) is 27.7 Å². The summed E-state index contributed by atoms with van der Waals surface area (Å²) in [5.41, 5.74) is 0.491. The molecule has 0 radical (unpaired) electrons. The molecule has 92 valence electrons. The van der Waals surface area contributed by atoms with Gasteiger partial charge in [0, 0.05) is 5.41 Å². The van der Waals surface area contributed by atoms with Gasteiger partial charge < -0.3 is 4.79 Å². The van der Waals surface area contributed by atoms with E-state index in [1.165, 1.54) is 25.5 Å². The third kappa shape index (κ3) is 1.94. The molecule has 2 aliphatic rings. The molecule has 16 heavy (non-hydrogen) atoms. The average Bonchev–Trinajstić information content (AvgIpc) is 2.22. The third-order valence-electron chi connectivity index (χ3n) is 5.50. The van der Waals surface area contributed by atoms with Crippen LogP contribution in [0.5, 0.6) is 0 Å². The largest absolute Gasteiger partial charge is 0.303 e. The number of hydrogen-bond acceptors (Lipinski definition) is 1. The van der Waals surface area contributed by atoms with Crippen molar-refractivity contribution < 1.29 is 4.79 Å². The highest BCUT2D eigenvalue weighted by Gasteiger charge is 2.50. The van der Waals surface area contributed by atoms with Gasteiger partial charge >= 0.3 is 0 Å². The number of carbonyl (C=O) groups excluding carboxylic acids is 1. The lowest BCUT2D eigenvalue weighted by atomic mass is 9.49. The zero-order valence-electron chi connectivity index (χ0n) is 11.3. The van der Waals surface area contributed by atoms with Gasteiger partial charge in [-0.25, -0.2) is 0 Å². The van der Waals surface area contributed by atoms with Crippen LogP contribution < -0.4 is 0 Å². The Morgan fingerprint density at radius 1 is 1.12 bits per heavy atom. The van der Waals surface area contributed by atoms with E-state index in [9.17, 15) is 4.79 Å². The molecule has 0 N–H and O–H groups in total. The van der Waals surface area contributed by atoms with Crippen molar-refractivity contribution in [2.75, 3.05) is 0 Å². The topological polar surface area (TPSA) is 17.1 Å². The molecular formula is C15H26O. The number of carbonyl (C=O) groups is 1. The molecule has 0 aromatic heterocycles. The first kappa shape index (κ1) is 12.1. The summed E-state index contributed by atoms with van der Waals surface area (Å²) >= 11 is 0. The molecule has 0 unspecified atom stereocenters. The molecular weight excluding hydrogens is 196 g/mol. The Kier molecular flexibility index (Phi) is 2.92. The third-order valence-corrected chi connectivity index (χ3v) is 5.50. The minimum absolute atomic E-state index is 0.0368. The number of fused-ring (bicyclic) bond motifs is 1. The van der Waals surface area contributed by atoms with Crippen LogP contribution in [-0.2, 0) is 4.79 Å². The first-order valence-electron chi connectivity index (χ1n) is 6.84. The van der Waals surface area contributed by atoms with Crippen molar-refractivity contribution >= 4 is 6.29 Å². The number of aldehydes is 1. The fourth-order valence-corrected chi connectivity index (χ4v) is 4.02. The van der Waals surface area contributed by atoms with Gasteiger partial charge in [0.1, 0.15) is 6.29 Å². The Labute approximate surface area is 100.0 Å². The lowest BCUT2D eigenvalue weighted by Crippen LogP contribution is -2.48. The van der Waals surface area contributed by atoms with E-state index >= 15 is 0 Å². The second-order valence-electron chi connectivity index (χ2n) is 7.29. The van der Waals surface area contributed by atoms with Crippen LogP contribution in [0.1, 0.15) is 59.8 Å². The molecule has 1 heteroatoms. The summed E-state index contributed by atoms with van der Waals surface area (Å²) in [6, 6.07) is 0. The van der Waals surface area contributed by atoms with E-state index in [0.717, 1.165) is 30.6 Å². The zero-order chi connectivity index (χ0) is 12.0. The fourth-order valence-electron chi connectivity index (χ4n) is 4.02. The van der Waals surface area contributed by atoms with Gasteiger partial charge in [0.05, 0.1) is 0 Å². The van der Waals surface area contributed by atoms with E-state index < -0.39 is 0 Å². The van der Waals surface area contributed by atoms with Gasteiger partial charge in [-0.3, -0.25) is 0 Å². The molecule has 0 amide bonds. The minimum Gasteiger partial charge on any atom is -0.303 e. The summed E-state index contributed by atoms with van der Waals surface area (Å²) in [5, 5.41) is 0. The van der Waals surface area contributed by atoms with Crippen LogP contribution >= 0.6 is 0 Å². The van der Waals surface area contributed by atoms with E-state index in [1.54, 1.807) is 0 Å². The molecule has 0 heterocycles. The Morgan fingerprint density at radius 3 is 2.31 bits per heavy atom. The van der Waals surface area contributed by atoms with E-state index in [1.807, 2.05) is 0 Å². The average molecular weight is 222 g/mol. The normalized spacial score (nSPS) is 47.1. The van der Waals surface area contributed by atoms with Crippen molar-refractivity contribution in [2.45, 2.75) is 59.8 Å². The quantitative estimate of drug-likeness (QED) is 0.611. The van der Waals surface area contributed by atoms with Gasteiger partial charge in [0.25, 0.3) is 0 Å². The number of rotatable bonds is 1. The maximum absolute atomic E-state index is 11.2. The van der Waals surface area contributed by atoms with Crippen LogP contribution in [0.15, 0.2) is 0 Å². The lowest BCUT2D eigenvalue weighted by molar-refractivity contribution is -0.120. The van der Waals surface area contributed by atoms with Crippen LogP contribution in [-0.4, -0.2) is 6.29 Å². The van der Waals surface area contributed by atoms with E-state index in [2.05, 4.69) is 27.7 Å². The van der Waals surface area contributed by atoms with E-state index in [4.69, 9.17) is 0 Å². The Bertz CT molecular complexity index is 281. The summed E-state index contributed by atoms with van der Waals surface area (Å²) < 4.78 is 0. The van der Waals surface area contributed by atoms with E-state index in [0.29, 0.717) is 5.41 Å². The summed E-state index contributed by atoms with van der Waals surface area (Å²) in [6.45, 7) is 9.35. The van der Waals surface area contributed by atoms with Crippen molar-refractivity contribution in [2.24, 2.45) is 28.6 Å². The predicted molar refractivity (Wildman–Crippen MR) is 67.2 cm³/mol. The highest BCUT2D eigenvalue weighted by atomic mass is 16.1.